The van der Waals surface area contributed by atoms with Crippen LogP contribution in [-0.2, 0) is 55.8 Å². The molecule has 0 bridgehead atoms. The zero-order valence-corrected chi connectivity index (χ0v) is 71.9. The maximum atomic E-state index is 13.0. The van der Waals surface area contributed by atoms with Crippen LogP contribution in [0.2, 0.25) is 0 Å². The molecule has 0 amide bonds. The van der Waals surface area contributed by atoms with Gasteiger partial charge in [0.25, 0.3) is 0 Å². The van der Waals surface area contributed by atoms with Crippen LogP contribution in [0, 0.1) is 0 Å². The van der Waals surface area contributed by atoms with Crippen LogP contribution in [-0.4, -0.2) is 95.9 Å². The molecular formula is C93H160O16P2. The SMILES string of the molecule is CC/C=C\C/C=C\C/C=C\C/C=C\C/C=C\CCCCCCCC(=O)OCC(COP(=O)(O)OCC(O)COP(=O)(O)OCC(O)COC(=O)CCCCCCCCCCCCCCCCCCCCC/C=C\C/C=C\C/C=C\C/C=C\CCCCC)OC(=O)CCCCCCCC/C=C\C/C=C\C/C=C\CCCCC. The number of aliphatic hydroxyl groups excluding tert-OH is 2. The van der Waals surface area contributed by atoms with Crippen LogP contribution in [0.4, 0.5) is 0 Å². The lowest BCUT2D eigenvalue weighted by atomic mass is 10.0. The smallest absolute Gasteiger partial charge is 0.463 e. The molecule has 0 aliphatic heterocycles. The minimum atomic E-state index is -4.95. The first kappa shape index (κ1) is 106. The molecule has 0 rings (SSSR count). The van der Waals surface area contributed by atoms with Gasteiger partial charge in [0.2, 0.25) is 0 Å². The van der Waals surface area contributed by atoms with Gasteiger partial charge >= 0.3 is 33.6 Å². The lowest BCUT2D eigenvalue weighted by molar-refractivity contribution is -0.161. The average Bonchev–Trinajstić information content (AvgIpc) is 0.902. The summed E-state index contributed by atoms with van der Waals surface area (Å²) in [6.07, 6.45) is 106. The summed E-state index contributed by atoms with van der Waals surface area (Å²) < 4.78 is 61.3. The molecule has 638 valence electrons. The molecular weight excluding hydrogens is 1430 g/mol. The van der Waals surface area contributed by atoms with Gasteiger partial charge in [0.15, 0.2) is 6.10 Å². The topological polar surface area (TPSA) is 231 Å². The summed E-state index contributed by atoms with van der Waals surface area (Å²) in [7, 11) is -9.81. The van der Waals surface area contributed by atoms with Gasteiger partial charge in [-0.3, -0.25) is 32.5 Å². The number of carbonyl (C=O) groups excluding carboxylic acids is 3. The number of rotatable bonds is 83. The van der Waals surface area contributed by atoms with Gasteiger partial charge in [-0.15, -0.1) is 0 Å². The van der Waals surface area contributed by atoms with Crippen molar-refractivity contribution in [2.24, 2.45) is 0 Å². The Labute approximate surface area is 677 Å². The summed E-state index contributed by atoms with van der Waals surface area (Å²) in [6.45, 7) is 2.51. The number of aliphatic hydroxyl groups is 2. The van der Waals surface area contributed by atoms with E-state index in [0.29, 0.717) is 19.3 Å². The number of ether oxygens (including phenoxy) is 3. The van der Waals surface area contributed by atoms with Gasteiger partial charge in [-0.1, -0.05) is 346 Å². The number of phosphoric acid groups is 2. The highest BCUT2D eigenvalue weighted by Crippen LogP contribution is 2.45. The van der Waals surface area contributed by atoms with Crippen LogP contribution in [0.25, 0.3) is 0 Å². The van der Waals surface area contributed by atoms with Gasteiger partial charge in [-0.25, -0.2) is 9.13 Å². The van der Waals surface area contributed by atoms with Crippen molar-refractivity contribution in [1.82, 2.24) is 0 Å². The van der Waals surface area contributed by atoms with E-state index in [2.05, 4.69) is 167 Å². The molecule has 0 saturated carbocycles. The fourth-order valence-electron chi connectivity index (χ4n) is 11.8. The Morgan fingerprint density at radius 1 is 0.261 bits per heavy atom. The molecule has 0 aliphatic carbocycles. The monoisotopic (exact) mass is 1600 g/mol. The Balaban J connectivity index is 4.49. The Hall–Kier alpha value is -4.57. The maximum absolute atomic E-state index is 13.0. The molecule has 0 aromatic heterocycles. The van der Waals surface area contributed by atoms with E-state index < -0.39 is 91.5 Å². The number of hydrogen-bond donors (Lipinski definition) is 4. The van der Waals surface area contributed by atoms with Crippen molar-refractivity contribution < 1.29 is 75.8 Å². The number of carbonyl (C=O) groups is 3. The highest BCUT2D eigenvalue weighted by atomic mass is 31.2. The summed E-state index contributed by atoms with van der Waals surface area (Å²) in [4.78, 5) is 58.8. The number of allylic oxidation sites excluding steroid dienone is 24. The Kier molecular flexibility index (Phi) is 81.3. The summed E-state index contributed by atoms with van der Waals surface area (Å²) in [6, 6.07) is 0. The van der Waals surface area contributed by atoms with Crippen LogP contribution in [0.1, 0.15) is 367 Å². The predicted octanol–water partition coefficient (Wildman–Crippen LogP) is 26.8. The molecule has 5 atom stereocenters. The molecule has 0 aromatic rings. The van der Waals surface area contributed by atoms with E-state index in [1.165, 1.54) is 148 Å². The standard InChI is InChI=1S/C93H160O16P2/c1-4-7-10-13-16-19-22-25-28-31-34-36-37-38-39-40-41-42-43-44-45-46-47-48-49-51-54-55-58-61-64-67-70-73-76-79-91(96)103-82-88(94)83-105-110(99,100)106-84-89(95)85-107-111(101,102)108-87-90(109-93(98)81-78-75-72-69-66-63-60-57-52-33-30-27-24-21-18-15-12-9-6-3)86-104-92(97)80-77-74-71-68-65-62-59-56-53-50-35-32-29-26-23-20-17-14-11-8-5-2/h8,11,16-21,25-30,34-36,38-39,50,52,56-57,59,88-90,94-95H,4-7,9-10,12-15,22-24,31-33,37,40-49,51,53-55,58,60-87H2,1-3H3,(H,99,100)(H,101,102)/b11-8-,19-16-,20-17-,21-18-,28-25-,29-26-,30-27-,36-34-,39-38-,50-35-,57-52-,59-56-. The fourth-order valence-corrected chi connectivity index (χ4v) is 13.4. The van der Waals surface area contributed by atoms with Crippen molar-refractivity contribution in [2.75, 3.05) is 39.6 Å². The van der Waals surface area contributed by atoms with Crippen LogP contribution in [0.15, 0.2) is 146 Å². The van der Waals surface area contributed by atoms with E-state index in [-0.39, 0.29) is 19.3 Å². The average molecular weight is 1600 g/mol. The van der Waals surface area contributed by atoms with E-state index >= 15 is 0 Å². The summed E-state index contributed by atoms with van der Waals surface area (Å²) in [5.74, 6) is -1.61. The molecule has 0 aliphatic rings. The molecule has 16 nitrogen and oxygen atoms in total. The zero-order valence-electron chi connectivity index (χ0n) is 70.1. The minimum Gasteiger partial charge on any atom is -0.463 e. The van der Waals surface area contributed by atoms with Crippen molar-refractivity contribution in [3.63, 3.8) is 0 Å². The molecule has 0 radical (unpaired) electrons. The third kappa shape index (κ3) is 86.1. The van der Waals surface area contributed by atoms with Crippen molar-refractivity contribution in [1.29, 1.82) is 0 Å². The van der Waals surface area contributed by atoms with Crippen molar-refractivity contribution in [3.8, 4) is 0 Å². The van der Waals surface area contributed by atoms with Gasteiger partial charge in [-0.2, -0.15) is 0 Å². The quantitative estimate of drug-likeness (QED) is 0.0146. The first-order valence-corrected chi connectivity index (χ1v) is 47.1. The largest absolute Gasteiger partial charge is 0.472 e. The maximum Gasteiger partial charge on any atom is 0.472 e. The molecule has 0 aromatic carbocycles. The Morgan fingerprint density at radius 3 is 0.757 bits per heavy atom. The number of phosphoric ester groups is 2. The summed E-state index contributed by atoms with van der Waals surface area (Å²) >= 11 is 0. The lowest BCUT2D eigenvalue weighted by Crippen LogP contribution is -2.30. The third-order valence-electron chi connectivity index (χ3n) is 18.5. The Bertz CT molecular complexity index is 2600. The van der Waals surface area contributed by atoms with Crippen LogP contribution >= 0.6 is 15.6 Å². The van der Waals surface area contributed by atoms with Gasteiger partial charge in [0, 0.05) is 19.3 Å². The van der Waals surface area contributed by atoms with E-state index in [9.17, 15) is 43.5 Å². The van der Waals surface area contributed by atoms with E-state index in [4.69, 9.17) is 32.3 Å². The first-order valence-electron chi connectivity index (χ1n) is 44.1. The van der Waals surface area contributed by atoms with Crippen LogP contribution in [0.3, 0.4) is 0 Å². The summed E-state index contributed by atoms with van der Waals surface area (Å²) in [5, 5.41) is 20.7. The van der Waals surface area contributed by atoms with Gasteiger partial charge in [0.05, 0.1) is 26.4 Å². The molecule has 4 N–H and O–H groups in total. The van der Waals surface area contributed by atoms with Crippen LogP contribution in [0.5, 0.6) is 0 Å². The Morgan fingerprint density at radius 2 is 0.477 bits per heavy atom. The molecule has 0 saturated heterocycles. The van der Waals surface area contributed by atoms with Crippen molar-refractivity contribution >= 4 is 33.6 Å². The number of unbranched alkanes of at least 4 members (excludes halogenated alkanes) is 36. The lowest BCUT2D eigenvalue weighted by Gasteiger charge is -2.21. The second-order valence-corrected chi connectivity index (χ2v) is 32.2. The molecule has 5 unspecified atom stereocenters. The minimum absolute atomic E-state index is 0.0820. The molecule has 111 heavy (non-hydrogen) atoms. The van der Waals surface area contributed by atoms with Gasteiger partial charge < -0.3 is 34.2 Å². The van der Waals surface area contributed by atoms with E-state index in [1.54, 1.807) is 0 Å². The number of esters is 3. The highest BCUT2D eigenvalue weighted by molar-refractivity contribution is 7.47. The second kappa shape index (κ2) is 84.8. The second-order valence-electron chi connectivity index (χ2n) is 29.3. The molecule has 18 heteroatoms. The molecule has 0 fully saturated rings. The number of hydrogen-bond acceptors (Lipinski definition) is 14. The summed E-state index contributed by atoms with van der Waals surface area (Å²) in [5.41, 5.74) is 0. The van der Waals surface area contributed by atoms with Gasteiger partial charge in [-0.05, 0) is 148 Å². The first-order chi connectivity index (χ1) is 54.2. The van der Waals surface area contributed by atoms with Crippen molar-refractivity contribution in [3.05, 3.63) is 146 Å². The fraction of sp³-hybridized carbons (Fsp3) is 0.710. The molecule has 0 spiro atoms. The molecule has 0 heterocycles. The van der Waals surface area contributed by atoms with Crippen LogP contribution < -0.4 is 0 Å². The highest BCUT2D eigenvalue weighted by Gasteiger charge is 2.29. The predicted molar refractivity (Wildman–Crippen MR) is 463 cm³/mol. The third-order valence-corrected chi connectivity index (χ3v) is 20.4. The van der Waals surface area contributed by atoms with E-state index in [0.717, 1.165) is 161 Å². The normalized spacial score (nSPS) is 14.5. The van der Waals surface area contributed by atoms with Crippen molar-refractivity contribution in [2.45, 2.75) is 386 Å². The van der Waals surface area contributed by atoms with E-state index in [1.807, 2.05) is 0 Å². The zero-order chi connectivity index (χ0) is 80.8. The van der Waals surface area contributed by atoms with Gasteiger partial charge in [0.1, 0.15) is 25.4 Å².